The number of Topliss-reactive ketones (excluding diaryl/α,β-unsaturated/α-hetero) is 1. The molecule has 0 aromatic rings. The lowest BCUT2D eigenvalue weighted by atomic mass is 10.2. The number of ether oxygens (including phenoxy) is 3. The molecule has 0 radical (unpaired) electrons. The van der Waals surface area contributed by atoms with Gasteiger partial charge in [0.05, 0.1) is 46.3 Å². The molecule has 0 unspecified atom stereocenters. The van der Waals surface area contributed by atoms with Crippen molar-refractivity contribution in [2.45, 2.75) is 96.4 Å². The summed E-state index contributed by atoms with van der Waals surface area (Å²) in [6, 6.07) is 0. The van der Waals surface area contributed by atoms with E-state index in [1.54, 1.807) is 6.92 Å². The van der Waals surface area contributed by atoms with Crippen LogP contribution in [0.5, 0.6) is 0 Å². The minimum atomic E-state index is -0.986. The summed E-state index contributed by atoms with van der Waals surface area (Å²) < 4.78 is 12.6. The summed E-state index contributed by atoms with van der Waals surface area (Å²) in [5, 5.41) is 15.1. The van der Waals surface area contributed by atoms with Crippen LogP contribution in [0.25, 0.3) is 0 Å². The number of ketones is 1. The van der Waals surface area contributed by atoms with Crippen molar-refractivity contribution < 1.29 is 53.2 Å². The third-order valence-electron chi connectivity index (χ3n) is 2.76. The normalized spacial score (nSPS) is 8.86. The highest BCUT2D eigenvalue weighted by Crippen LogP contribution is 2.03. The van der Waals surface area contributed by atoms with E-state index in [2.05, 4.69) is 19.9 Å². The fourth-order valence-corrected chi connectivity index (χ4v) is 1.26. The number of carbonyl (C=O) groups is 6. The Morgan fingerprint density at radius 1 is 0.750 bits per heavy atom. The lowest BCUT2D eigenvalue weighted by Gasteiger charge is -1.95. The molecule has 1 saturated heterocycles. The summed E-state index contributed by atoms with van der Waals surface area (Å²) >= 11 is 0. The highest BCUT2D eigenvalue weighted by atomic mass is 16.6. The molecule has 0 amide bonds. The van der Waals surface area contributed by atoms with Crippen LogP contribution in [0.4, 0.5) is 0 Å². The van der Waals surface area contributed by atoms with Crippen molar-refractivity contribution >= 4 is 35.6 Å². The smallest absolute Gasteiger partial charge is 0.314 e. The fourth-order valence-electron chi connectivity index (χ4n) is 1.26. The number of hydrogen-bond acceptors (Lipinski definition) is 11. The molecule has 36 heavy (non-hydrogen) atoms. The predicted octanol–water partition coefficient (Wildman–Crippen LogP) is 3.79. The number of carbonyl (C=O) groups excluding carboxylic acids is 5. The molecule has 12 nitrogen and oxygen atoms in total. The number of esters is 4. The van der Waals surface area contributed by atoms with E-state index in [4.69, 9.17) is 10.2 Å². The summed E-state index contributed by atoms with van der Waals surface area (Å²) in [5.74, 6) is -2.49. The van der Waals surface area contributed by atoms with Gasteiger partial charge >= 0.3 is 29.8 Å². The fraction of sp³-hybridized carbons (Fsp3) is 0.750. The van der Waals surface area contributed by atoms with Crippen LogP contribution < -0.4 is 5.73 Å². The van der Waals surface area contributed by atoms with Crippen molar-refractivity contribution in [1.29, 1.82) is 0 Å². The summed E-state index contributed by atoms with van der Waals surface area (Å²) in [5.41, 5.74) is 4.50. The second kappa shape index (κ2) is 49.3. The van der Waals surface area contributed by atoms with E-state index < -0.39 is 23.9 Å². The molecule has 0 aliphatic carbocycles. The quantitative estimate of drug-likeness (QED) is 0.242. The zero-order valence-corrected chi connectivity index (χ0v) is 18.1. The lowest BCUT2D eigenvalue weighted by molar-refractivity contribution is -0.152. The van der Waals surface area contributed by atoms with Gasteiger partial charge in [-0.2, -0.15) is 0 Å². The number of nitrogens with two attached hydrogens (primary N) is 1. The summed E-state index contributed by atoms with van der Waals surface area (Å²) in [7, 11) is 5.04. The molecule has 0 aromatic carbocycles. The topological polar surface area (TPSA) is 197 Å². The number of cyclic esters (lactones) is 2. The van der Waals surface area contributed by atoms with E-state index in [0.29, 0.717) is 12.8 Å². The van der Waals surface area contributed by atoms with Gasteiger partial charge in [-0.1, -0.05) is 51.5 Å². The zero-order valence-electron chi connectivity index (χ0n) is 18.1. The molecular formula is C24H57NO11. The molecular weight excluding hydrogens is 478 g/mol. The first kappa shape index (κ1) is 63.9. The SMILES string of the molecule is C.C.C.C.C.C.CCC(=O)CCC(=O)OC.CN.CO.COC(=O)CCC(=O)O.O=C1CCC(=O)O1. The Morgan fingerprint density at radius 2 is 1.06 bits per heavy atom. The summed E-state index contributed by atoms with van der Waals surface area (Å²) in [6.07, 6.45) is 1.33. The van der Waals surface area contributed by atoms with Gasteiger partial charge < -0.3 is 30.2 Å². The van der Waals surface area contributed by atoms with E-state index in [-0.39, 0.29) is 88.4 Å². The Kier molecular flexibility index (Phi) is 87.6. The number of methoxy groups -OCH3 is 2. The van der Waals surface area contributed by atoms with Crippen LogP contribution in [0, 0.1) is 0 Å². The average Bonchev–Trinajstić information content (AvgIpc) is 3.15. The Hall–Kier alpha value is -2.86. The molecule has 0 aromatic heterocycles. The first-order valence-corrected chi connectivity index (χ1v) is 8.79. The highest BCUT2D eigenvalue weighted by molar-refractivity contribution is 5.92. The second-order valence-corrected chi connectivity index (χ2v) is 4.78. The van der Waals surface area contributed by atoms with E-state index >= 15 is 0 Å². The van der Waals surface area contributed by atoms with Gasteiger partial charge in [-0.25, -0.2) is 0 Å². The number of aliphatic hydroxyl groups excluding tert-OH is 1. The van der Waals surface area contributed by atoms with Gasteiger partial charge in [0.15, 0.2) is 0 Å². The first-order valence-electron chi connectivity index (χ1n) is 8.79. The molecule has 1 aliphatic heterocycles. The van der Waals surface area contributed by atoms with Crippen molar-refractivity contribution in [1.82, 2.24) is 0 Å². The van der Waals surface area contributed by atoms with Gasteiger partial charge in [0.2, 0.25) is 0 Å². The third kappa shape index (κ3) is 57.7. The molecule has 0 bridgehead atoms. The van der Waals surface area contributed by atoms with Gasteiger partial charge in [0, 0.05) is 20.0 Å². The highest BCUT2D eigenvalue weighted by Gasteiger charge is 2.19. The van der Waals surface area contributed by atoms with E-state index in [1.165, 1.54) is 21.3 Å². The Labute approximate surface area is 219 Å². The van der Waals surface area contributed by atoms with Crippen LogP contribution in [-0.4, -0.2) is 74.2 Å². The number of rotatable bonds is 7. The van der Waals surface area contributed by atoms with E-state index in [0.717, 1.165) is 7.11 Å². The molecule has 12 heteroatoms. The van der Waals surface area contributed by atoms with Gasteiger partial charge in [-0.05, 0) is 7.05 Å². The van der Waals surface area contributed by atoms with Gasteiger partial charge in [0.1, 0.15) is 5.78 Å². The molecule has 0 atom stereocenters. The Bertz CT molecular complexity index is 492. The maximum absolute atomic E-state index is 10.6. The van der Waals surface area contributed by atoms with Crippen molar-refractivity contribution in [2.24, 2.45) is 5.73 Å². The Balaban J connectivity index is -0.0000000306. The standard InChI is InChI=1S/C7H12O3.C5H8O4.C4H4O3.CH5N.CH4O.6CH4/c1-3-6(8)4-5-7(9)10-2;1-9-5(8)3-2-4(6)7;5-3-1-2-4(6)7-3;2*1-2;;;;;;/h3-5H2,1-2H3;2-3H2,1H3,(H,6,7);1-2H2;2H2,1H3;2H,1H3;6*1H4. The number of aliphatic hydroxyl groups is 1. The van der Waals surface area contributed by atoms with Crippen molar-refractivity contribution in [2.75, 3.05) is 28.4 Å². The van der Waals surface area contributed by atoms with Gasteiger partial charge in [-0.3, -0.25) is 28.8 Å². The molecule has 1 heterocycles. The van der Waals surface area contributed by atoms with Crippen LogP contribution in [0.2, 0.25) is 0 Å². The van der Waals surface area contributed by atoms with E-state index in [9.17, 15) is 28.8 Å². The largest absolute Gasteiger partial charge is 0.481 e. The van der Waals surface area contributed by atoms with Crippen LogP contribution >= 0.6 is 0 Å². The second-order valence-electron chi connectivity index (χ2n) is 4.78. The van der Waals surface area contributed by atoms with Crippen LogP contribution in [0.1, 0.15) is 96.4 Å². The van der Waals surface area contributed by atoms with Crippen LogP contribution in [0.15, 0.2) is 0 Å². The average molecular weight is 536 g/mol. The Morgan fingerprint density at radius 3 is 1.25 bits per heavy atom. The van der Waals surface area contributed by atoms with Gasteiger partial charge in [0.25, 0.3) is 0 Å². The zero-order chi connectivity index (χ0) is 24.5. The third-order valence-corrected chi connectivity index (χ3v) is 2.76. The summed E-state index contributed by atoms with van der Waals surface area (Å²) in [4.78, 5) is 61.1. The van der Waals surface area contributed by atoms with Gasteiger partial charge in [-0.15, -0.1) is 0 Å². The first-order chi connectivity index (χ1) is 14.2. The predicted molar refractivity (Wildman–Crippen MR) is 144 cm³/mol. The minimum Gasteiger partial charge on any atom is -0.481 e. The number of hydrogen-bond donors (Lipinski definition) is 3. The molecule has 1 rings (SSSR count). The molecule has 1 aliphatic rings. The molecule has 4 N–H and O–H groups in total. The lowest BCUT2D eigenvalue weighted by Crippen LogP contribution is -2.04. The molecule has 0 saturated carbocycles. The van der Waals surface area contributed by atoms with Crippen molar-refractivity contribution in [3.8, 4) is 0 Å². The van der Waals surface area contributed by atoms with Crippen molar-refractivity contribution in [3.05, 3.63) is 0 Å². The summed E-state index contributed by atoms with van der Waals surface area (Å²) in [6.45, 7) is 1.78. The maximum Gasteiger partial charge on any atom is 0.314 e. The van der Waals surface area contributed by atoms with Crippen molar-refractivity contribution in [3.63, 3.8) is 0 Å². The number of carboxylic acids is 1. The number of carboxylic acid groups (broad SMARTS) is 1. The molecule has 1 fully saturated rings. The van der Waals surface area contributed by atoms with E-state index in [1.807, 2.05) is 0 Å². The number of aliphatic carboxylic acids is 1. The maximum atomic E-state index is 10.6. The van der Waals surface area contributed by atoms with Crippen LogP contribution in [-0.2, 0) is 43.0 Å². The molecule has 0 spiro atoms. The van der Waals surface area contributed by atoms with Crippen LogP contribution in [0.3, 0.4) is 0 Å². The monoisotopic (exact) mass is 535 g/mol. The molecule has 224 valence electrons. The minimum absolute atomic E-state index is 0.